The Morgan fingerprint density at radius 2 is 1.90 bits per heavy atom. The predicted octanol–water partition coefficient (Wildman–Crippen LogP) is 3.59. The van der Waals surface area contributed by atoms with Gasteiger partial charge in [-0.3, -0.25) is 4.79 Å². The molecule has 0 saturated carbocycles. The Morgan fingerprint density at radius 1 is 1.07 bits per heavy atom. The molecule has 2 aliphatic heterocycles. The number of aromatic carboxylic acids is 1. The summed E-state index contributed by atoms with van der Waals surface area (Å²) >= 11 is 0. The highest BCUT2D eigenvalue weighted by molar-refractivity contribution is 6.35. The number of carboxylic acid groups (broad SMARTS) is 1. The molecule has 7 heteroatoms. The fraction of sp³-hybridized carbons (Fsp3) is 0.0870. The summed E-state index contributed by atoms with van der Waals surface area (Å²) in [4.78, 5) is 38.8. The Hall–Kier alpha value is -4.13. The molecule has 0 unspecified atom stereocenters. The number of carbonyl (C=O) groups is 3. The highest BCUT2D eigenvalue weighted by atomic mass is 16.5. The maximum absolute atomic E-state index is 12.6. The van der Waals surface area contributed by atoms with Crippen LogP contribution >= 0.6 is 0 Å². The van der Waals surface area contributed by atoms with Crippen LogP contribution in [0.3, 0.4) is 0 Å². The molecule has 0 spiro atoms. The molecule has 3 heterocycles. The lowest BCUT2D eigenvalue weighted by Gasteiger charge is -2.12. The number of esters is 1. The number of fused-ring (bicyclic) bond motifs is 2. The van der Waals surface area contributed by atoms with Crippen LogP contribution < -0.4 is 5.32 Å². The second-order valence-corrected chi connectivity index (χ2v) is 7.14. The van der Waals surface area contributed by atoms with Crippen LogP contribution in [0.2, 0.25) is 0 Å². The van der Waals surface area contributed by atoms with Crippen molar-refractivity contribution in [1.29, 1.82) is 0 Å². The van der Waals surface area contributed by atoms with Crippen LogP contribution in [-0.4, -0.2) is 34.5 Å². The summed E-state index contributed by atoms with van der Waals surface area (Å²) in [6.07, 6.45) is 3.95. The summed E-state index contributed by atoms with van der Waals surface area (Å²) in [6.45, 7) is 0.321. The van der Waals surface area contributed by atoms with Crippen LogP contribution in [0.15, 0.2) is 48.7 Å². The molecule has 0 atom stereocenters. The van der Waals surface area contributed by atoms with Crippen molar-refractivity contribution in [3.63, 3.8) is 0 Å². The lowest BCUT2D eigenvalue weighted by atomic mass is 9.98. The van der Waals surface area contributed by atoms with E-state index in [2.05, 4.69) is 10.3 Å². The number of hydrogen-bond donors (Lipinski definition) is 3. The van der Waals surface area contributed by atoms with E-state index in [4.69, 9.17) is 4.74 Å². The molecule has 3 N–H and O–H groups in total. The van der Waals surface area contributed by atoms with Gasteiger partial charge in [-0.2, -0.15) is 0 Å². The van der Waals surface area contributed by atoms with Gasteiger partial charge in [0, 0.05) is 29.6 Å². The van der Waals surface area contributed by atoms with Gasteiger partial charge in [0.25, 0.3) is 5.91 Å². The number of ether oxygens (including phenoxy) is 1. The molecule has 2 aliphatic rings. The van der Waals surface area contributed by atoms with Gasteiger partial charge in [0.15, 0.2) is 0 Å². The highest BCUT2D eigenvalue weighted by Crippen LogP contribution is 2.37. The number of rotatable bonds is 3. The lowest BCUT2D eigenvalue weighted by Crippen LogP contribution is -2.16. The van der Waals surface area contributed by atoms with Crippen molar-refractivity contribution in [2.75, 3.05) is 11.9 Å². The number of cyclic esters (lactones) is 1. The first-order chi connectivity index (χ1) is 14.5. The second kappa shape index (κ2) is 6.73. The Balaban J connectivity index is 1.53. The first-order valence-corrected chi connectivity index (χ1v) is 9.40. The SMILES string of the molecule is O=C1Nc2cc(-c3cccc(C(=O)O)c3)ccc2/C1=C/c1[nH]cc2c1CCOC2=O. The maximum Gasteiger partial charge on any atom is 0.339 e. The van der Waals surface area contributed by atoms with Gasteiger partial charge < -0.3 is 20.1 Å². The van der Waals surface area contributed by atoms with Crippen molar-refractivity contribution in [3.05, 3.63) is 76.6 Å². The van der Waals surface area contributed by atoms with Gasteiger partial charge >= 0.3 is 11.9 Å². The molecule has 148 valence electrons. The van der Waals surface area contributed by atoms with Crippen molar-refractivity contribution in [2.24, 2.45) is 0 Å². The van der Waals surface area contributed by atoms with Crippen LogP contribution in [0.4, 0.5) is 5.69 Å². The Morgan fingerprint density at radius 3 is 2.73 bits per heavy atom. The van der Waals surface area contributed by atoms with E-state index in [-0.39, 0.29) is 17.4 Å². The lowest BCUT2D eigenvalue weighted by molar-refractivity contribution is -0.110. The minimum atomic E-state index is -0.991. The third kappa shape index (κ3) is 2.88. The number of hydrogen-bond acceptors (Lipinski definition) is 4. The van der Waals surface area contributed by atoms with E-state index in [9.17, 15) is 19.5 Å². The first-order valence-electron chi connectivity index (χ1n) is 9.40. The van der Waals surface area contributed by atoms with Crippen molar-refractivity contribution in [1.82, 2.24) is 4.98 Å². The van der Waals surface area contributed by atoms with E-state index >= 15 is 0 Å². The van der Waals surface area contributed by atoms with Gasteiger partial charge in [-0.25, -0.2) is 9.59 Å². The molecular weight excluding hydrogens is 384 g/mol. The zero-order valence-corrected chi connectivity index (χ0v) is 15.7. The minimum Gasteiger partial charge on any atom is -0.478 e. The zero-order valence-electron chi connectivity index (χ0n) is 15.7. The number of carboxylic acids is 1. The Kier molecular flexibility index (Phi) is 4.03. The van der Waals surface area contributed by atoms with Crippen molar-refractivity contribution in [2.45, 2.75) is 6.42 Å². The number of aromatic amines is 1. The summed E-state index contributed by atoms with van der Waals surface area (Å²) in [5.41, 5.74) is 5.73. The van der Waals surface area contributed by atoms with E-state index in [0.29, 0.717) is 29.9 Å². The molecule has 2 aromatic carbocycles. The molecule has 5 rings (SSSR count). The fourth-order valence-electron chi connectivity index (χ4n) is 3.87. The van der Waals surface area contributed by atoms with Crippen molar-refractivity contribution < 1.29 is 24.2 Å². The normalized spacial score (nSPS) is 16.1. The highest BCUT2D eigenvalue weighted by Gasteiger charge is 2.27. The van der Waals surface area contributed by atoms with Crippen LogP contribution in [-0.2, 0) is 16.0 Å². The van der Waals surface area contributed by atoms with E-state index in [1.165, 1.54) is 6.07 Å². The summed E-state index contributed by atoms with van der Waals surface area (Å²) < 4.78 is 5.05. The molecule has 30 heavy (non-hydrogen) atoms. The Labute approximate surface area is 171 Å². The molecule has 0 fully saturated rings. The monoisotopic (exact) mass is 400 g/mol. The van der Waals surface area contributed by atoms with Gasteiger partial charge in [0.05, 0.1) is 23.3 Å². The molecule has 0 aliphatic carbocycles. The van der Waals surface area contributed by atoms with Crippen LogP contribution in [0, 0.1) is 0 Å². The average molecular weight is 400 g/mol. The summed E-state index contributed by atoms with van der Waals surface area (Å²) in [5, 5.41) is 12.1. The number of aromatic nitrogens is 1. The third-order valence-electron chi connectivity index (χ3n) is 5.36. The average Bonchev–Trinajstić information content (AvgIpc) is 3.30. The molecular formula is C23H16N2O5. The molecule has 1 aromatic heterocycles. The van der Waals surface area contributed by atoms with Crippen molar-refractivity contribution >= 4 is 35.2 Å². The van der Waals surface area contributed by atoms with Gasteiger partial charge in [-0.05, 0) is 41.0 Å². The van der Waals surface area contributed by atoms with Gasteiger partial charge in [-0.15, -0.1) is 0 Å². The zero-order chi connectivity index (χ0) is 20.8. The first kappa shape index (κ1) is 17.9. The summed E-state index contributed by atoms with van der Waals surface area (Å²) in [5.74, 6) is -1.58. The number of anilines is 1. The number of amides is 1. The van der Waals surface area contributed by atoms with Crippen molar-refractivity contribution in [3.8, 4) is 11.1 Å². The number of carbonyl (C=O) groups excluding carboxylic acids is 2. The van der Waals surface area contributed by atoms with E-state index < -0.39 is 5.97 Å². The summed E-state index contributed by atoms with van der Waals surface area (Å²) in [7, 11) is 0. The number of H-pyrrole nitrogens is 1. The quantitative estimate of drug-likeness (QED) is 0.460. The number of nitrogens with one attached hydrogen (secondary N) is 2. The molecule has 0 saturated heterocycles. The van der Waals surface area contributed by atoms with Gasteiger partial charge in [-0.1, -0.05) is 24.3 Å². The fourth-order valence-corrected chi connectivity index (χ4v) is 3.87. The van der Waals surface area contributed by atoms with E-state index in [1.54, 1.807) is 24.4 Å². The van der Waals surface area contributed by atoms with Crippen LogP contribution in [0.5, 0.6) is 0 Å². The van der Waals surface area contributed by atoms with E-state index in [1.807, 2.05) is 24.3 Å². The molecule has 1 amide bonds. The summed E-state index contributed by atoms with van der Waals surface area (Å²) in [6, 6.07) is 12.2. The molecule has 7 nitrogen and oxygen atoms in total. The standard InChI is InChI=1S/C23H16N2O5/c26-21-17(10-19-16-6-7-30-23(29)18(16)11-24-19)15-5-4-13(9-20(15)25-21)12-2-1-3-14(8-12)22(27)28/h1-5,8-11,24H,6-7H2,(H,25,26)(H,27,28)/b17-10-. The van der Waals surface area contributed by atoms with Gasteiger partial charge in [0.1, 0.15) is 0 Å². The largest absolute Gasteiger partial charge is 0.478 e. The predicted molar refractivity (Wildman–Crippen MR) is 110 cm³/mol. The molecule has 0 radical (unpaired) electrons. The minimum absolute atomic E-state index is 0.202. The molecule has 0 bridgehead atoms. The van der Waals surface area contributed by atoms with E-state index in [0.717, 1.165) is 27.9 Å². The van der Waals surface area contributed by atoms with Gasteiger partial charge in [0.2, 0.25) is 0 Å². The maximum atomic E-state index is 12.6. The second-order valence-electron chi connectivity index (χ2n) is 7.14. The molecule has 3 aromatic rings. The van der Waals surface area contributed by atoms with Crippen LogP contribution in [0.25, 0.3) is 22.8 Å². The smallest absolute Gasteiger partial charge is 0.339 e. The number of benzene rings is 2. The third-order valence-corrected chi connectivity index (χ3v) is 5.36. The topological polar surface area (TPSA) is 108 Å². The van der Waals surface area contributed by atoms with Crippen LogP contribution in [0.1, 0.15) is 37.5 Å². The Bertz CT molecular complexity index is 1270.